The van der Waals surface area contributed by atoms with E-state index >= 15 is 0 Å². The minimum absolute atomic E-state index is 0. The lowest BCUT2D eigenvalue weighted by Crippen LogP contribution is -3.00. The third kappa shape index (κ3) is 18.8. The molecule has 1 atom stereocenters. The van der Waals surface area contributed by atoms with Crippen LogP contribution in [0.1, 0.15) is 110 Å². The van der Waals surface area contributed by atoms with Gasteiger partial charge >= 0.3 is 0 Å². The first kappa shape index (κ1) is 27.4. The highest BCUT2D eigenvalue weighted by molar-refractivity contribution is 4.79. The molecule has 0 aliphatic heterocycles. The SMILES string of the molecule is C=CC(CCCCCCCCCCCCCCCCC)[N+](C)(C)C.[Br-]. The fourth-order valence-electron chi connectivity index (χ4n) is 3.55. The smallest absolute Gasteiger partial charge is 0.107 e. The zero-order valence-electron chi connectivity index (χ0n) is 18.0. The number of hydrogen-bond acceptors (Lipinski definition) is 0. The van der Waals surface area contributed by atoms with Crippen molar-refractivity contribution in [1.82, 2.24) is 0 Å². The van der Waals surface area contributed by atoms with E-state index in [9.17, 15) is 0 Å². The highest BCUT2D eigenvalue weighted by atomic mass is 79.9. The summed E-state index contributed by atoms with van der Waals surface area (Å²) in [5.74, 6) is 0. The Balaban J connectivity index is 0. The molecule has 0 rings (SSSR count). The fourth-order valence-corrected chi connectivity index (χ4v) is 3.55. The molecule has 0 saturated carbocycles. The molecule has 0 aliphatic carbocycles. The zero-order chi connectivity index (χ0) is 18.1. The lowest BCUT2D eigenvalue weighted by atomic mass is 10.0. The molecule has 0 spiro atoms. The molecule has 0 aliphatic rings. The first-order valence-electron chi connectivity index (χ1n) is 11.0. The molecule has 1 unspecified atom stereocenters. The van der Waals surface area contributed by atoms with E-state index in [1.54, 1.807) is 0 Å². The van der Waals surface area contributed by atoms with Gasteiger partial charge < -0.3 is 21.5 Å². The molecule has 0 aromatic carbocycles. The third-order valence-corrected chi connectivity index (χ3v) is 5.37. The van der Waals surface area contributed by atoms with Crippen LogP contribution < -0.4 is 17.0 Å². The monoisotopic (exact) mass is 417 g/mol. The van der Waals surface area contributed by atoms with Gasteiger partial charge in [0.25, 0.3) is 0 Å². The Hall–Kier alpha value is 0.180. The minimum atomic E-state index is 0. The van der Waals surface area contributed by atoms with Crippen molar-refractivity contribution in [2.75, 3.05) is 21.1 Å². The molecule has 0 heterocycles. The van der Waals surface area contributed by atoms with Crippen LogP contribution in [0, 0.1) is 0 Å². The third-order valence-electron chi connectivity index (χ3n) is 5.37. The van der Waals surface area contributed by atoms with E-state index in [-0.39, 0.29) is 17.0 Å². The van der Waals surface area contributed by atoms with E-state index in [1.807, 2.05) is 0 Å². The van der Waals surface area contributed by atoms with Gasteiger partial charge in [-0.3, -0.25) is 0 Å². The Kier molecular flexibility index (Phi) is 20.8. The summed E-state index contributed by atoms with van der Waals surface area (Å²) in [6.07, 6.45) is 25.1. The van der Waals surface area contributed by atoms with E-state index < -0.39 is 0 Å². The molecule has 0 fully saturated rings. The second-order valence-electron chi connectivity index (χ2n) is 8.66. The van der Waals surface area contributed by atoms with Gasteiger partial charge in [-0.25, -0.2) is 0 Å². The number of hydrogen-bond donors (Lipinski definition) is 0. The van der Waals surface area contributed by atoms with Crippen molar-refractivity contribution in [1.29, 1.82) is 0 Å². The van der Waals surface area contributed by atoms with Gasteiger partial charge in [0, 0.05) is 6.42 Å². The van der Waals surface area contributed by atoms with Crippen LogP contribution >= 0.6 is 0 Å². The van der Waals surface area contributed by atoms with Crippen molar-refractivity contribution in [3.8, 4) is 0 Å². The van der Waals surface area contributed by atoms with Crippen LogP contribution in [0.5, 0.6) is 0 Å². The lowest BCUT2D eigenvalue weighted by molar-refractivity contribution is -0.889. The van der Waals surface area contributed by atoms with Gasteiger partial charge in [-0.2, -0.15) is 0 Å². The summed E-state index contributed by atoms with van der Waals surface area (Å²) in [4.78, 5) is 0. The molecule has 0 aromatic rings. The first-order chi connectivity index (χ1) is 11.5. The van der Waals surface area contributed by atoms with Crippen molar-refractivity contribution in [3.05, 3.63) is 12.7 Å². The molecular weight excluding hydrogens is 370 g/mol. The predicted molar refractivity (Wildman–Crippen MR) is 112 cm³/mol. The second kappa shape index (κ2) is 19.0. The van der Waals surface area contributed by atoms with E-state index in [1.165, 1.54) is 103 Å². The van der Waals surface area contributed by atoms with Crippen LogP contribution in [-0.4, -0.2) is 31.7 Å². The Bertz CT molecular complexity index is 270. The number of quaternary nitrogens is 1. The Morgan fingerprint density at radius 1 is 0.640 bits per heavy atom. The van der Waals surface area contributed by atoms with Crippen LogP contribution in [0.25, 0.3) is 0 Å². The topological polar surface area (TPSA) is 0 Å². The molecule has 0 N–H and O–H groups in total. The summed E-state index contributed by atoms with van der Waals surface area (Å²) in [6.45, 7) is 6.30. The summed E-state index contributed by atoms with van der Waals surface area (Å²) in [5, 5.41) is 0. The lowest BCUT2D eigenvalue weighted by Gasteiger charge is -2.32. The summed E-state index contributed by atoms with van der Waals surface area (Å²) in [5.41, 5.74) is 0. The van der Waals surface area contributed by atoms with E-state index in [2.05, 4.69) is 40.7 Å². The van der Waals surface area contributed by atoms with Gasteiger partial charge in [-0.05, 0) is 12.5 Å². The fraction of sp³-hybridized carbons (Fsp3) is 0.913. The molecule has 2 heteroatoms. The van der Waals surface area contributed by atoms with Crippen molar-refractivity contribution in [2.45, 2.75) is 116 Å². The predicted octanol–water partition coefficient (Wildman–Crippen LogP) is 4.51. The van der Waals surface area contributed by atoms with Crippen molar-refractivity contribution in [3.63, 3.8) is 0 Å². The van der Waals surface area contributed by atoms with E-state index in [4.69, 9.17) is 0 Å². The van der Waals surface area contributed by atoms with Gasteiger partial charge in [0.05, 0.1) is 21.1 Å². The Labute approximate surface area is 171 Å². The van der Waals surface area contributed by atoms with Crippen LogP contribution in [-0.2, 0) is 0 Å². The number of rotatable bonds is 18. The summed E-state index contributed by atoms with van der Waals surface area (Å²) >= 11 is 0. The number of unbranched alkanes of at least 4 members (excludes halogenated alkanes) is 14. The Morgan fingerprint density at radius 3 is 1.24 bits per heavy atom. The molecule has 0 aromatic heterocycles. The molecule has 25 heavy (non-hydrogen) atoms. The Morgan fingerprint density at radius 2 is 0.960 bits per heavy atom. The first-order valence-corrected chi connectivity index (χ1v) is 11.0. The van der Waals surface area contributed by atoms with Crippen LogP contribution in [0.2, 0.25) is 0 Å². The van der Waals surface area contributed by atoms with E-state index in [0.29, 0.717) is 6.04 Å². The molecule has 0 amide bonds. The number of likely N-dealkylation sites (N-methyl/N-ethyl adjacent to an activating group) is 1. The highest BCUT2D eigenvalue weighted by Gasteiger charge is 2.18. The summed E-state index contributed by atoms with van der Waals surface area (Å²) in [7, 11) is 6.83. The van der Waals surface area contributed by atoms with Gasteiger partial charge in [0.1, 0.15) is 6.04 Å². The number of halogens is 1. The van der Waals surface area contributed by atoms with Crippen LogP contribution in [0.15, 0.2) is 12.7 Å². The standard InChI is InChI=1S/C23H48N.BrH/c1-6-8-9-10-11-12-13-14-15-16-17-18-19-20-21-22-23(7-2)24(3,4)5;/h7,23H,2,6,8-22H2,1,3-5H3;1H/q+1;/p-1. The minimum Gasteiger partial charge on any atom is -1.00 e. The molecule has 1 nitrogen and oxygen atoms in total. The van der Waals surface area contributed by atoms with Crippen molar-refractivity contribution >= 4 is 0 Å². The van der Waals surface area contributed by atoms with Crippen molar-refractivity contribution < 1.29 is 21.5 Å². The maximum absolute atomic E-state index is 4.00. The van der Waals surface area contributed by atoms with Gasteiger partial charge in [0.15, 0.2) is 0 Å². The zero-order valence-corrected chi connectivity index (χ0v) is 19.6. The second-order valence-corrected chi connectivity index (χ2v) is 8.66. The van der Waals surface area contributed by atoms with Gasteiger partial charge in [0.2, 0.25) is 0 Å². The van der Waals surface area contributed by atoms with Crippen LogP contribution in [0.4, 0.5) is 0 Å². The normalized spacial score (nSPS) is 12.6. The molecule has 152 valence electrons. The summed E-state index contributed by atoms with van der Waals surface area (Å²) < 4.78 is 1.02. The maximum atomic E-state index is 4.00. The number of nitrogens with zero attached hydrogens (tertiary/aromatic N) is 1. The summed E-state index contributed by atoms with van der Waals surface area (Å²) in [6, 6.07) is 0.618. The molecule has 0 radical (unpaired) electrons. The highest BCUT2D eigenvalue weighted by Crippen LogP contribution is 2.16. The van der Waals surface area contributed by atoms with Gasteiger partial charge in [-0.1, -0.05) is 103 Å². The maximum Gasteiger partial charge on any atom is 0.107 e. The molecule has 0 saturated heterocycles. The quantitative estimate of drug-likeness (QED) is 0.175. The molecule has 0 bridgehead atoms. The average Bonchev–Trinajstić information content (AvgIpc) is 2.53. The van der Waals surface area contributed by atoms with Gasteiger partial charge in [-0.15, -0.1) is 0 Å². The largest absolute Gasteiger partial charge is 1.00 e. The average molecular weight is 419 g/mol. The van der Waals surface area contributed by atoms with Crippen LogP contribution in [0.3, 0.4) is 0 Å². The molecular formula is C23H48BrN. The van der Waals surface area contributed by atoms with Crippen molar-refractivity contribution in [2.24, 2.45) is 0 Å². The van der Waals surface area contributed by atoms with E-state index in [0.717, 1.165) is 4.48 Å².